The van der Waals surface area contributed by atoms with Crippen molar-refractivity contribution in [3.63, 3.8) is 0 Å². The van der Waals surface area contributed by atoms with Gasteiger partial charge in [-0.1, -0.05) is 30.3 Å². The summed E-state index contributed by atoms with van der Waals surface area (Å²) in [7, 11) is 0. The molecule has 3 aliphatic rings. The van der Waals surface area contributed by atoms with E-state index in [1.54, 1.807) is 0 Å². The summed E-state index contributed by atoms with van der Waals surface area (Å²) in [6, 6.07) is 11.2. The molecule has 0 amide bonds. The van der Waals surface area contributed by atoms with E-state index >= 15 is 0 Å². The molecule has 0 bridgehead atoms. The van der Waals surface area contributed by atoms with Gasteiger partial charge < -0.3 is 9.84 Å². The van der Waals surface area contributed by atoms with Crippen LogP contribution in [0.4, 0.5) is 0 Å². The number of piperidine rings is 1. The number of benzene rings is 1. The molecule has 2 atom stereocenters. The number of rotatable bonds is 3. The van der Waals surface area contributed by atoms with Gasteiger partial charge in [0.2, 0.25) is 0 Å². The summed E-state index contributed by atoms with van der Waals surface area (Å²) in [5.41, 5.74) is 0.376. The second-order valence-corrected chi connectivity index (χ2v) is 7.64. The number of likely N-dealkylation sites (tertiary alicyclic amines) is 2. The zero-order valence-electron chi connectivity index (χ0n) is 14.6. The molecule has 1 aromatic rings. The predicted octanol–water partition coefficient (Wildman–Crippen LogP) is 2.22. The third kappa shape index (κ3) is 3.13. The van der Waals surface area contributed by atoms with Crippen LogP contribution in [0.2, 0.25) is 0 Å². The molecule has 3 fully saturated rings. The largest absolute Gasteiger partial charge is 0.383 e. The van der Waals surface area contributed by atoms with E-state index in [0.29, 0.717) is 6.04 Å². The molecule has 1 N–H and O–H groups in total. The maximum atomic E-state index is 11.7. The fraction of sp³-hybridized carbons (Fsp3) is 0.700. The zero-order valence-corrected chi connectivity index (χ0v) is 14.6. The molecule has 4 heteroatoms. The van der Waals surface area contributed by atoms with Crippen molar-refractivity contribution in [3.05, 3.63) is 35.9 Å². The summed E-state index contributed by atoms with van der Waals surface area (Å²) in [5.74, 6) is 0. The molecule has 3 aliphatic heterocycles. The highest BCUT2D eigenvalue weighted by molar-refractivity contribution is 5.26. The molecular weight excluding hydrogens is 300 g/mol. The van der Waals surface area contributed by atoms with E-state index in [4.69, 9.17) is 4.74 Å². The molecule has 4 rings (SSSR count). The van der Waals surface area contributed by atoms with Gasteiger partial charge in [0.05, 0.1) is 6.04 Å². The van der Waals surface area contributed by atoms with Crippen LogP contribution >= 0.6 is 0 Å². The van der Waals surface area contributed by atoms with Crippen LogP contribution in [-0.2, 0) is 10.3 Å². The van der Waals surface area contributed by atoms with Gasteiger partial charge in [-0.15, -0.1) is 0 Å². The average molecular weight is 330 g/mol. The first kappa shape index (κ1) is 16.5. The van der Waals surface area contributed by atoms with E-state index in [2.05, 4.69) is 34.1 Å². The molecule has 0 spiro atoms. The van der Waals surface area contributed by atoms with Crippen molar-refractivity contribution in [3.8, 4) is 0 Å². The first-order valence-electron chi connectivity index (χ1n) is 9.61. The van der Waals surface area contributed by atoms with Gasteiger partial charge in [-0.05, 0) is 50.8 Å². The molecule has 0 unspecified atom stereocenters. The number of nitrogens with zero attached hydrogens (tertiary/aromatic N) is 2. The van der Waals surface area contributed by atoms with Gasteiger partial charge >= 0.3 is 0 Å². The first-order chi connectivity index (χ1) is 11.8. The molecule has 3 heterocycles. The lowest BCUT2D eigenvalue weighted by molar-refractivity contribution is -0.108. The van der Waals surface area contributed by atoms with Gasteiger partial charge in [0.25, 0.3) is 0 Å². The molecule has 3 saturated heterocycles. The van der Waals surface area contributed by atoms with Gasteiger partial charge in [-0.2, -0.15) is 0 Å². The summed E-state index contributed by atoms with van der Waals surface area (Å²) in [5, 5.41) is 11.7. The Morgan fingerprint density at radius 2 is 1.67 bits per heavy atom. The molecule has 0 saturated carbocycles. The third-order valence-corrected chi connectivity index (χ3v) is 6.30. The van der Waals surface area contributed by atoms with Gasteiger partial charge in [0.1, 0.15) is 5.60 Å². The van der Waals surface area contributed by atoms with Gasteiger partial charge in [-0.3, -0.25) is 9.80 Å². The fourth-order valence-electron chi connectivity index (χ4n) is 4.86. The van der Waals surface area contributed by atoms with Crippen LogP contribution in [0.3, 0.4) is 0 Å². The fourth-order valence-corrected chi connectivity index (χ4v) is 4.86. The smallest absolute Gasteiger partial charge is 0.108 e. The summed E-state index contributed by atoms with van der Waals surface area (Å²) in [6.45, 7) is 6.00. The third-order valence-electron chi connectivity index (χ3n) is 6.30. The Morgan fingerprint density at radius 1 is 0.958 bits per heavy atom. The monoisotopic (exact) mass is 330 g/mol. The van der Waals surface area contributed by atoms with E-state index in [-0.39, 0.29) is 6.04 Å². The summed E-state index contributed by atoms with van der Waals surface area (Å²) < 4.78 is 5.54. The second-order valence-electron chi connectivity index (χ2n) is 7.64. The Labute approximate surface area is 145 Å². The maximum Gasteiger partial charge on any atom is 0.108 e. The van der Waals surface area contributed by atoms with Crippen molar-refractivity contribution in [2.75, 3.05) is 39.4 Å². The molecule has 132 valence electrons. The van der Waals surface area contributed by atoms with Crippen molar-refractivity contribution in [2.45, 2.75) is 49.8 Å². The minimum atomic E-state index is -0.715. The van der Waals surface area contributed by atoms with Gasteiger partial charge in [0.15, 0.2) is 0 Å². The highest BCUT2D eigenvalue weighted by atomic mass is 16.5. The van der Waals surface area contributed by atoms with E-state index in [1.807, 2.05) is 6.07 Å². The Bertz CT molecular complexity index is 526. The molecule has 0 aliphatic carbocycles. The van der Waals surface area contributed by atoms with Crippen LogP contribution in [0, 0.1) is 0 Å². The lowest BCUT2D eigenvalue weighted by Crippen LogP contribution is -2.62. The van der Waals surface area contributed by atoms with Crippen LogP contribution in [0.25, 0.3) is 0 Å². The lowest BCUT2D eigenvalue weighted by atomic mass is 9.79. The molecular formula is C20H30N2O2. The van der Waals surface area contributed by atoms with Crippen LogP contribution in [0.1, 0.15) is 37.7 Å². The van der Waals surface area contributed by atoms with Crippen LogP contribution in [0.5, 0.6) is 0 Å². The predicted molar refractivity (Wildman–Crippen MR) is 95.0 cm³/mol. The van der Waals surface area contributed by atoms with E-state index in [1.165, 1.54) is 12.8 Å². The minimum Gasteiger partial charge on any atom is -0.383 e. The van der Waals surface area contributed by atoms with E-state index < -0.39 is 5.60 Å². The molecule has 0 radical (unpaired) electrons. The Hall–Kier alpha value is -0.940. The number of aliphatic hydroxyl groups is 1. The molecule has 24 heavy (non-hydrogen) atoms. The summed E-state index contributed by atoms with van der Waals surface area (Å²) >= 11 is 0. The van der Waals surface area contributed by atoms with Crippen molar-refractivity contribution in [2.24, 2.45) is 0 Å². The number of hydrogen-bond acceptors (Lipinski definition) is 4. The van der Waals surface area contributed by atoms with Gasteiger partial charge in [-0.25, -0.2) is 0 Å². The summed E-state index contributed by atoms with van der Waals surface area (Å²) in [6.07, 6.45) is 5.62. The Kier molecular flexibility index (Phi) is 4.90. The average Bonchev–Trinajstić information content (AvgIpc) is 3.18. The number of ether oxygens (including phenoxy) is 1. The Balaban J connectivity index is 1.58. The lowest BCUT2D eigenvalue weighted by Gasteiger charge is -2.51. The van der Waals surface area contributed by atoms with Gasteiger partial charge in [0, 0.05) is 32.3 Å². The first-order valence-corrected chi connectivity index (χ1v) is 9.61. The van der Waals surface area contributed by atoms with Crippen LogP contribution < -0.4 is 0 Å². The van der Waals surface area contributed by atoms with Crippen molar-refractivity contribution in [1.29, 1.82) is 0 Å². The zero-order chi connectivity index (χ0) is 16.4. The summed E-state index contributed by atoms with van der Waals surface area (Å²) in [4.78, 5) is 5.17. The van der Waals surface area contributed by atoms with E-state index in [9.17, 15) is 5.11 Å². The normalized spacial score (nSPS) is 33.8. The van der Waals surface area contributed by atoms with Crippen molar-refractivity contribution >= 4 is 0 Å². The second kappa shape index (κ2) is 7.12. The van der Waals surface area contributed by atoms with Crippen LogP contribution in [-0.4, -0.2) is 66.4 Å². The Morgan fingerprint density at radius 3 is 2.38 bits per heavy atom. The molecule has 1 aromatic carbocycles. The minimum absolute atomic E-state index is 0.207. The maximum absolute atomic E-state index is 11.7. The topological polar surface area (TPSA) is 35.9 Å². The quantitative estimate of drug-likeness (QED) is 0.922. The number of hydrogen-bond donors (Lipinski definition) is 1. The van der Waals surface area contributed by atoms with Crippen molar-refractivity contribution < 1.29 is 9.84 Å². The molecule has 0 aromatic heterocycles. The SMILES string of the molecule is O[C@]1(c2ccccc2)CCN(C2CCOCC2)C[C@H]1N1CCCC1. The van der Waals surface area contributed by atoms with Crippen molar-refractivity contribution in [1.82, 2.24) is 9.80 Å². The molecule has 4 nitrogen and oxygen atoms in total. The standard InChI is InChI=1S/C20H30N2O2/c23-20(17-6-2-1-3-7-17)10-13-22(18-8-14-24-15-9-18)16-19(20)21-11-4-5-12-21/h1-3,6-7,18-19,23H,4-5,8-16H2/t19-,20+/m1/s1. The highest BCUT2D eigenvalue weighted by Gasteiger charge is 2.47. The van der Waals surface area contributed by atoms with Crippen LogP contribution in [0.15, 0.2) is 30.3 Å². The van der Waals surface area contributed by atoms with E-state index in [0.717, 1.165) is 64.2 Å². The highest BCUT2D eigenvalue weighted by Crippen LogP contribution is 2.38.